The molecule has 0 amide bonds. The maximum Gasteiger partial charge on any atom is 0.125 e. The third-order valence-corrected chi connectivity index (χ3v) is 5.80. The molecule has 0 atom stereocenters. The zero-order chi connectivity index (χ0) is 14.6. The van der Waals surface area contributed by atoms with Crippen LogP contribution in [0.1, 0.15) is 49.7 Å². The number of hydrogen-bond donors (Lipinski definition) is 0. The number of rotatable bonds is 4. The first kappa shape index (κ1) is 16.2. The first-order valence-electron chi connectivity index (χ1n) is 7.52. The van der Waals surface area contributed by atoms with Gasteiger partial charge in [-0.3, -0.25) is 0 Å². The van der Waals surface area contributed by atoms with Crippen LogP contribution >= 0.6 is 27.5 Å². The highest BCUT2D eigenvalue weighted by atomic mass is 79.9. The number of benzene rings is 1. The third kappa shape index (κ3) is 3.92. The lowest BCUT2D eigenvalue weighted by Gasteiger charge is -2.31. The molecular weight excluding hydrogens is 336 g/mol. The Hall–Kier alpha value is -0.210. The van der Waals surface area contributed by atoms with Crippen LogP contribution in [0.2, 0.25) is 5.02 Å². The van der Waals surface area contributed by atoms with Crippen molar-refractivity contribution in [3.63, 3.8) is 0 Å². The van der Waals surface area contributed by atoms with Gasteiger partial charge in [0, 0.05) is 15.8 Å². The van der Waals surface area contributed by atoms with E-state index in [1.807, 2.05) is 12.1 Å². The SMILES string of the molecule is Cc1cc(Cl)cc(C)c1OCC1(CBr)CCCCCC1. The highest BCUT2D eigenvalue weighted by Gasteiger charge is 2.31. The first-order chi connectivity index (χ1) is 9.56. The van der Waals surface area contributed by atoms with Crippen molar-refractivity contribution >= 4 is 27.5 Å². The van der Waals surface area contributed by atoms with Gasteiger partial charge in [-0.05, 0) is 49.9 Å². The lowest BCUT2D eigenvalue weighted by atomic mass is 9.83. The highest BCUT2D eigenvalue weighted by molar-refractivity contribution is 9.09. The summed E-state index contributed by atoms with van der Waals surface area (Å²) in [5.41, 5.74) is 2.57. The fraction of sp³-hybridized carbons (Fsp3) is 0.647. The molecule has 112 valence electrons. The fourth-order valence-electron chi connectivity index (χ4n) is 3.15. The Morgan fingerprint density at radius 3 is 2.15 bits per heavy atom. The average Bonchev–Trinajstić information content (AvgIpc) is 2.63. The number of ether oxygens (including phenoxy) is 1. The van der Waals surface area contributed by atoms with E-state index in [-0.39, 0.29) is 0 Å². The summed E-state index contributed by atoms with van der Waals surface area (Å²) < 4.78 is 6.22. The molecule has 0 aliphatic heterocycles. The molecule has 0 unspecified atom stereocenters. The zero-order valence-electron chi connectivity index (χ0n) is 12.5. The lowest BCUT2D eigenvalue weighted by molar-refractivity contribution is 0.148. The quantitative estimate of drug-likeness (QED) is 0.468. The van der Waals surface area contributed by atoms with Crippen LogP contribution in [0.25, 0.3) is 0 Å². The van der Waals surface area contributed by atoms with Crippen molar-refractivity contribution in [2.75, 3.05) is 11.9 Å². The van der Waals surface area contributed by atoms with E-state index in [0.29, 0.717) is 5.41 Å². The zero-order valence-corrected chi connectivity index (χ0v) is 14.8. The summed E-state index contributed by atoms with van der Waals surface area (Å²) in [6, 6.07) is 3.97. The van der Waals surface area contributed by atoms with E-state index < -0.39 is 0 Å². The van der Waals surface area contributed by atoms with E-state index in [2.05, 4.69) is 29.8 Å². The van der Waals surface area contributed by atoms with Crippen LogP contribution in [0.4, 0.5) is 0 Å². The maximum atomic E-state index is 6.22. The highest BCUT2D eigenvalue weighted by Crippen LogP contribution is 2.38. The Morgan fingerprint density at radius 1 is 1.10 bits per heavy atom. The second-order valence-electron chi connectivity index (χ2n) is 6.21. The van der Waals surface area contributed by atoms with Crippen LogP contribution in [0.5, 0.6) is 5.75 Å². The molecule has 0 bridgehead atoms. The minimum atomic E-state index is 0.301. The summed E-state index contributed by atoms with van der Waals surface area (Å²) in [6.45, 7) is 4.95. The topological polar surface area (TPSA) is 9.23 Å². The van der Waals surface area contributed by atoms with Crippen molar-refractivity contribution in [3.05, 3.63) is 28.3 Å². The number of halogens is 2. The van der Waals surface area contributed by atoms with Crippen LogP contribution in [-0.4, -0.2) is 11.9 Å². The Bertz CT molecular complexity index is 427. The molecule has 0 saturated heterocycles. The Kier molecular flexibility index (Phi) is 5.80. The van der Waals surface area contributed by atoms with Gasteiger partial charge in [-0.2, -0.15) is 0 Å². The molecule has 0 heterocycles. The molecule has 0 aromatic heterocycles. The van der Waals surface area contributed by atoms with Crippen molar-refractivity contribution in [2.45, 2.75) is 52.4 Å². The summed E-state index contributed by atoms with van der Waals surface area (Å²) in [6.07, 6.45) is 7.93. The average molecular weight is 360 g/mol. The van der Waals surface area contributed by atoms with Crippen molar-refractivity contribution in [3.8, 4) is 5.75 Å². The summed E-state index contributed by atoms with van der Waals surface area (Å²) in [7, 11) is 0. The second kappa shape index (κ2) is 7.17. The molecule has 3 heteroatoms. The lowest BCUT2D eigenvalue weighted by Crippen LogP contribution is -2.30. The normalized spacial score (nSPS) is 18.6. The van der Waals surface area contributed by atoms with Crippen molar-refractivity contribution in [1.82, 2.24) is 0 Å². The van der Waals surface area contributed by atoms with Crippen LogP contribution in [0, 0.1) is 19.3 Å². The standard InChI is InChI=1S/C17H24BrClO/c1-13-9-15(19)10-14(2)16(13)20-12-17(11-18)7-5-3-4-6-8-17/h9-10H,3-8,11-12H2,1-2H3. The third-order valence-electron chi connectivity index (χ3n) is 4.40. The molecule has 0 N–H and O–H groups in total. The molecular formula is C17H24BrClO. The van der Waals surface area contributed by atoms with Gasteiger partial charge >= 0.3 is 0 Å². The van der Waals surface area contributed by atoms with Gasteiger partial charge < -0.3 is 4.74 Å². The fourth-order valence-corrected chi connectivity index (χ4v) is 4.20. The van der Waals surface area contributed by atoms with Crippen LogP contribution in [0.15, 0.2) is 12.1 Å². The molecule has 1 aliphatic carbocycles. The predicted molar refractivity (Wildman–Crippen MR) is 90.4 cm³/mol. The first-order valence-corrected chi connectivity index (χ1v) is 9.02. The molecule has 1 fully saturated rings. The van der Waals surface area contributed by atoms with E-state index in [9.17, 15) is 0 Å². The van der Waals surface area contributed by atoms with E-state index in [4.69, 9.17) is 16.3 Å². The molecule has 1 aliphatic rings. The second-order valence-corrected chi connectivity index (χ2v) is 7.20. The van der Waals surface area contributed by atoms with Gasteiger partial charge in [0.1, 0.15) is 5.75 Å². The van der Waals surface area contributed by atoms with Gasteiger partial charge in [0.15, 0.2) is 0 Å². The Morgan fingerprint density at radius 2 is 1.65 bits per heavy atom. The predicted octanol–water partition coefficient (Wildman–Crippen LogP) is 6.07. The van der Waals surface area contributed by atoms with E-state index in [1.54, 1.807) is 0 Å². The van der Waals surface area contributed by atoms with Gasteiger partial charge in [-0.15, -0.1) is 0 Å². The molecule has 1 aromatic rings. The minimum absolute atomic E-state index is 0.301. The number of aryl methyl sites for hydroxylation is 2. The summed E-state index contributed by atoms with van der Waals surface area (Å²) in [5.74, 6) is 1.01. The Balaban J connectivity index is 2.10. The molecule has 1 nitrogen and oxygen atoms in total. The Labute approximate surface area is 136 Å². The van der Waals surface area contributed by atoms with E-state index >= 15 is 0 Å². The summed E-state index contributed by atoms with van der Waals surface area (Å²) in [5, 5.41) is 1.82. The number of hydrogen-bond acceptors (Lipinski definition) is 1. The van der Waals surface area contributed by atoms with Crippen LogP contribution in [-0.2, 0) is 0 Å². The largest absolute Gasteiger partial charge is 0.492 e. The van der Waals surface area contributed by atoms with Gasteiger partial charge in [0.25, 0.3) is 0 Å². The molecule has 2 rings (SSSR count). The van der Waals surface area contributed by atoms with Gasteiger partial charge in [0.2, 0.25) is 0 Å². The molecule has 20 heavy (non-hydrogen) atoms. The monoisotopic (exact) mass is 358 g/mol. The van der Waals surface area contributed by atoms with Crippen LogP contribution in [0.3, 0.4) is 0 Å². The molecule has 1 aromatic carbocycles. The molecule has 0 radical (unpaired) electrons. The van der Waals surface area contributed by atoms with E-state index in [0.717, 1.165) is 33.8 Å². The summed E-state index contributed by atoms with van der Waals surface area (Å²) in [4.78, 5) is 0. The van der Waals surface area contributed by atoms with Crippen molar-refractivity contribution in [1.29, 1.82) is 0 Å². The van der Waals surface area contributed by atoms with Crippen LogP contribution < -0.4 is 4.74 Å². The van der Waals surface area contributed by atoms with Gasteiger partial charge in [-0.1, -0.05) is 53.2 Å². The molecule has 0 spiro atoms. The van der Waals surface area contributed by atoms with E-state index in [1.165, 1.54) is 38.5 Å². The van der Waals surface area contributed by atoms with Gasteiger partial charge in [-0.25, -0.2) is 0 Å². The van der Waals surface area contributed by atoms with Crippen molar-refractivity contribution < 1.29 is 4.74 Å². The number of alkyl halides is 1. The maximum absolute atomic E-state index is 6.22. The minimum Gasteiger partial charge on any atom is -0.492 e. The molecule has 1 saturated carbocycles. The van der Waals surface area contributed by atoms with Crippen molar-refractivity contribution in [2.24, 2.45) is 5.41 Å². The smallest absolute Gasteiger partial charge is 0.125 e. The van der Waals surface area contributed by atoms with Gasteiger partial charge in [0.05, 0.1) is 6.61 Å². The summed E-state index contributed by atoms with van der Waals surface area (Å²) >= 11 is 9.81.